The molecule has 142 valence electrons. The first kappa shape index (κ1) is 20.3. The van der Waals surface area contributed by atoms with Gasteiger partial charge >= 0.3 is 0 Å². The third kappa shape index (κ3) is 6.69. The molecule has 0 radical (unpaired) electrons. The van der Waals surface area contributed by atoms with Gasteiger partial charge in [-0.15, -0.1) is 0 Å². The Morgan fingerprint density at radius 3 is 2.38 bits per heavy atom. The summed E-state index contributed by atoms with van der Waals surface area (Å²) in [4.78, 5) is 2.26. The molecule has 2 aromatic rings. The van der Waals surface area contributed by atoms with Gasteiger partial charge in [-0.05, 0) is 56.6 Å². The van der Waals surface area contributed by atoms with Crippen molar-refractivity contribution in [3.05, 3.63) is 59.7 Å². The summed E-state index contributed by atoms with van der Waals surface area (Å²) in [7, 11) is -1.14. The fourth-order valence-electron chi connectivity index (χ4n) is 2.54. The van der Waals surface area contributed by atoms with Gasteiger partial charge in [-0.1, -0.05) is 30.3 Å². The molecule has 26 heavy (non-hydrogen) atoms. The van der Waals surface area contributed by atoms with E-state index in [9.17, 15) is 8.42 Å². The van der Waals surface area contributed by atoms with Crippen LogP contribution in [0.2, 0.25) is 0 Å². The van der Waals surface area contributed by atoms with Gasteiger partial charge in [0.2, 0.25) is 10.0 Å². The standard InChI is InChI=1S/C20H28N2O3S/c1-16-7-5-6-8-20(16)25-15-17(2)22(3)14-13-18-9-11-19(12-10-18)21-26(4,23)24/h5-12,17,21H,13-15H2,1-4H3. The lowest BCUT2D eigenvalue weighted by atomic mass is 10.1. The molecular weight excluding hydrogens is 348 g/mol. The highest BCUT2D eigenvalue weighted by Crippen LogP contribution is 2.17. The number of sulfonamides is 1. The highest BCUT2D eigenvalue weighted by molar-refractivity contribution is 7.92. The predicted octanol–water partition coefficient (Wildman–Crippen LogP) is 3.31. The summed E-state index contributed by atoms with van der Waals surface area (Å²) < 4.78 is 30.9. The van der Waals surface area contributed by atoms with E-state index in [-0.39, 0.29) is 0 Å². The van der Waals surface area contributed by atoms with Gasteiger partial charge in [-0.3, -0.25) is 9.62 Å². The van der Waals surface area contributed by atoms with Crippen LogP contribution >= 0.6 is 0 Å². The van der Waals surface area contributed by atoms with Crippen molar-refractivity contribution in [1.29, 1.82) is 0 Å². The van der Waals surface area contributed by atoms with Gasteiger partial charge < -0.3 is 4.74 Å². The first-order valence-corrected chi connectivity index (χ1v) is 10.6. The third-order valence-electron chi connectivity index (χ3n) is 4.34. The van der Waals surface area contributed by atoms with Crippen molar-refractivity contribution in [2.45, 2.75) is 26.3 Å². The first-order valence-electron chi connectivity index (χ1n) is 8.70. The molecule has 0 aliphatic carbocycles. The van der Waals surface area contributed by atoms with Gasteiger partial charge in [0.15, 0.2) is 0 Å². The zero-order valence-corrected chi connectivity index (χ0v) is 16.7. The van der Waals surface area contributed by atoms with Crippen LogP contribution in [0.15, 0.2) is 48.5 Å². The summed E-state index contributed by atoms with van der Waals surface area (Å²) in [6, 6.07) is 15.8. The van der Waals surface area contributed by atoms with Crippen LogP contribution in [0.4, 0.5) is 5.69 Å². The molecule has 0 fully saturated rings. The van der Waals surface area contributed by atoms with E-state index >= 15 is 0 Å². The Kier molecular flexibility index (Phi) is 7.06. The normalized spacial score (nSPS) is 12.8. The molecule has 2 aromatic carbocycles. The molecule has 0 aliphatic heterocycles. The molecule has 0 bridgehead atoms. The van der Waals surface area contributed by atoms with E-state index in [1.807, 2.05) is 43.3 Å². The lowest BCUT2D eigenvalue weighted by molar-refractivity contribution is 0.174. The van der Waals surface area contributed by atoms with E-state index in [1.54, 1.807) is 12.1 Å². The van der Waals surface area contributed by atoms with Crippen molar-refractivity contribution in [1.82, 2.24) is 4.90 Å². The van der Waals surface area contributed by atoms with Crippen LogP contribution in [-0.4, -0.2) is 45.8 Å². The lowest BCUT2D eigenvalue weighted by Gasteiger charge is -2.25. The molecule has 0 aromatic heterocycles. The Hall–Kier alpha value is -2.05. The molecular formula is C20H28N2O3S. The largest absolute Gasteiger partial charge is 0.492 e. The summed E-state index contributed by atoms with van der Waals surface area (Å²) in [5.41, 5.74) is 2.90. The van der Waals surface area contributed by atoms with Crippen molar-refractivity contribution < 1.29 is 13.2 Å². The molecule has 1 unspecified atom stereocenters. The predicted molar refractivity (Wildman–Crippen MR) is 107 cm³/mol. The van der Waals surface area contributed by atoms with E-state index in [0.29, 0.717) is 18.3 Å². The van der Waals surface area contributed by atoms with E-state index < -0.39 is 10.0 Å². The van der Waals surface area contributed by atoms with Gasteiger partial charge in [-0.25, -0.2) is 8.42 Å². The lowest BCUT2D eigenvalue weighted by Crippen LogP contribution is -2.35. The highest BCUT2D eigenvalue weighted by Gasteiger charge is 2.11. The van der Waals surface area contributed by atoms with E-state index in [0.717, 1.165) is 30.5 Å². The number of para-hydroxylation sites is 1. The number of hydrogen-bond donors (Lipinski definition) is 1. The number of likely N-dealkylation sites (N-methyl/N-ethyl adjacent to an activating group) is 1. The van der Waals surface area contributed by atoms with Crippen LogP contribution in [0.3, 0.4) is 0 Å². The van der Waals surface area contributed by atoms with Crippen molar-refractivity contribution in [3.8, 4) is 5.75 Å². The van der Waals surface area contributed by atoms with Crippen LogP contribution in [0.1, 0.15) is 18.1 Å². The summed E-state index contributed by atoms with van der Waals surface area (Å²) >= 11 is 0. The maximum Gasteiger partial charge on any atom is 0.229 e. The molecule has 1 atom stereocenters. The maximum atomic E-state index is 11.2. The summed E-state index contributed by atoms with van der Waals surface area (Å²) in [5, 5.41) is 0. The molecule has 0 spiro atoms. The second-order valence-corrected chi connectivity index (χ2v) is 8.48. The Bertz CT molecular complexity index is 804. The molecule has 0 saturated heterocycles. The van der Waals surface area contributed by atoms with Crippen molar-refractivity contribution in [2.75, 3.05) is 31.2 Å². The van der Waals surface area contributed by atoms with E-state index in [4.69, 9.17) is 4.74 Å². The number of benzene rings is 2. The van der Waals surface area contributed by atoms with E-state index in [1.165, 1.54) is 5.56 Å². The molecule has 6 heteroatoms. The average molecular weight is 377 g/mol. The number of anilines is 1. The third-order valence-corrected chi connectivity index (χ3v) is 4.94. The highest BCUT2D eigenvalue weighted by atomic mass is 32.2. The van der Waals surface area contributed by atoms with Crippen LogP contribution in [0, 0.1) is 6.92 Å². The zero-order chi connectivity index (χ0) is 19.2. The molecule has 0 saturated carbocycles. The van der Waals surface area contributed by atoms with Gasteiger partial charge in [0.25, 0.3) is 0 Å². The van der Waals surface area contributed by atoms with Crippen molar-refractivity contribution in [2.24, 2.45) is 0 Å². The van der Waals surface area contributed by atoms with Crippen LogP contribution in [-0.2, 0) is 16.4 Å². The minimum Gasteiger partial charge on any atom is -0.492 e. The van der Waals surface area contributed by atoms with Gasteiger partial charge in [0.1, 0.15) is 12.4 Å². The number of nitrogens with zero attached hydrogens (tertiary/aromatic N) is 1. The van der Waals surface area contributed by atoms with Crippen LogP contribution < -0.4 is 9.46 Å². The molecule has 5 nitrogen and oxygen atoms in total. The van der Waals surface area contributed by atoms with Gasteiger partial charge in [-0.2, -0.15) is 0 Å². The van der Waals surface area contributed by atoms with E-state index in [2.05, 4.69) is 23.6 Å². The van der Waals surface area contributed by atoms with Crippen LogP contribution in [0.25, 0.3) is 0 Å². The summed E-state index contributed by atoms with van der Waals surface area (Å²) in [6.45, 7) is 5.74. The minimum atomic E-state index is -3.23. The smallest absolute Gasteiger partial charge is 0.229 e. The minimum absolute atomic E-state index is 0.292. The number of aryl methyl sites for hydroxylation is 1. The first-order chi connectivity index (χ1) is 12.2. The van der Waals surface area contributed by atoms with Crippen molar-refractivity contribution in [3.63, 3.8) is 0 Å². The number of rotatable bonds is 9. The Morgan fingerprint density at radius 2 is 1.77 bits per heavy atom. The molecule has 0 aliphatic rings. The Morgan fingerprint density at radius 1 is 1.12 bits per heavy atom. The van der Waals surface area contributed by atoms with Gasteiger partial charge in [0.05, 0.1) is 6.26 Å². The fourth-order valence-corrected chi connectivity index (χ4v) is 3.10. The second kappa shape index (κ2) is 9.05. The second-order valence-electron chi connectivity index (χ2n) is 6.73. The number of nitrogens with one attached hydrogen (secondary N) is 1. The quantitative estimate of drug-likeness (QED) is 0.729. The van der Waals surface area contributed by atoms with Crippen LogP contribution in [0.5, 0.6) is 5.75 Å². The molecule has 0 heterocycles. The zero-order valence-electron chi connectivity index (χ0n) is 15.9. The number of ether oxygens (including phenoxy) is 1. The fraction of sp³-hybridized carbons (Fsp3) is 0.400. The summed E-state index contributed by atoms with van der Waals surface area (Å²) in [6.07, 6.45) is 2.04. The SMILES string of the molecule is Cc1ccccc1OCC(C)N(C)CCc1ccc(NS(C)(=O)=O)cc1. The van der Waals surface area contributed by atoms with Gasteiger partial charge in [0, 0.05) is 18.3 Å². The Balaban J connectivity index is 1.80. The molecule has 0 amide bonds. The maximum absolute atomic E-state index is 11.2. The molecule has 1 N–H and O–H groups in total. The summed E-state index contributed by atoms with van der Waals surface area (Å²) in [5.74, 6) is 0.932. The van der Waals surface area contributed by atoms with Crippen molar-refractivity contribution >= 4 is 15.7 Å². The number of hydrogen-bond acceptors (Lipinski definition) is 4. The monoisotopic (exact) mass is 376 g/mol. The topological polar surface area (TPSA) is 58.6 Å². The average Bonchev–Trinajstić information content (AvgIpc) is 2.58. The molecule has 2 rings (SSSR count). The Labute approximate surface area is 157 Å².